The van der Waals surface area contributed by atoms with Crippen LogP contribution in [0, 0.1) is 13.8 Å². The highest BCUT2D eigenvalue weighted by atomic mass is 32.2. The third-order valence-corrected chi connectivity index (χ3v) is 5.43. The molecule has 0 amide bonds. The monoisotopic (exact) mass is 319 g/mol. The summed E-state index contributed by atoms with van der Waals surface area (Å²) in [5.41, 5.74) is -1.40. The molecule has 7 nitrogen and oxygen atoms in total. The topological polar surface area (TPSA) is 117 Å². The van der Waals surface area contributed by atoms with Crippen molar-refractivity contribution in [1.82, 2.24) is 4.72 Å². The second-order valence-electron chi connectivity index (χ2n) is 4.97. The minimum absolute atomic E-state index is 0.0106. The van der Waals surface area contributed by atoms with Gasteiger partial charge in [-0.25, -0.2) is 17.9 Å². The van der Waals surface area contributed by atoms with Gasteiger partial charge in [0.25, 0.3) is 0 Å². The molecule has 0 radical (unpaired) electrons. The Morgan fingerprint density at radius 1 is 1.24 bits per heavy atom. The van der Waals surface area contributed by atoms with Crippen molar-refractivity contribution in [3.63, 3.8) is 0 Å². The zero-order chi connectivity index (χ0) is 16.4. The van der Waals surface area contributed by atoms with E-state index >= 15 is 0 Å². The standard InChI is InChI=1S/C13H21NO6S/c1-5-13(6-2,7-15)14-21(18,19)11-9(4)20-8(3)10(11)12(16)17/h14-15H,5-7H2,1-4H3,(H,16,17). The Balaban J connectivity index is 3.42. The Hall–Kier alpha value is -1.38. The summed E-state index contributed by atoms with van der Waals surface area (Å²) in [4.78, 5) is 10.9. The first-order chi connectivity index (χ1) is 9.64. The first-order valence-electron chi connectivity index (χ1n) is 6.62. The van der Waals surface area contributed by atoms with Gasteiger partial charge in [-0.3, -0.25) is 0 Å². The average molecular weight is 319 g/mol. The van der Waals surface area contributed by atoms with Crippen molar-refractivity contribution in [2.75, 3.05) is 6.61 Å². The number of hydrogen-bond acceptors (Lipinski definition) is 5. The third-order valence-electron chi connectivity index (χ3n) is 3.69. The summed E-state index contributed by atoms with van der Waals surface area (Å²) in [5.74, 6) is -1.33. The van der Waals surface area contributed by atoms with Gasteiger partial charge < -0.3 is 14.6 Å². The highest BCUT2D eigenvalue weighted by molar-refractivity contribution is 7.89. The van der Waals surface area contributed by atoms with Crippen molar-refractivity contribution in [3.8, 4) is 0 Å². The molecular weight excluding hydrogens is 298 g/mol. The molecule has 0 fully saturated rings. The smallest absolute Gasteiger partial charge is 0.340 e. The zero-order valence-electron chi connectivity index (χ0n) is 12.6. The molecule has 0 aliphatic carbocycles. The van der Waals surface area contributed by atoms with Crippen molar-refractivity contribution in [2.24, 2.45) is 0 Å². The summed E-state index contributed by atoms with van der Waals surface area (Å²) in [6.07, 6.45) is 0.745. The third kappa shape index (κ3) is 3.28. The molecule has 3 N–H and O–H groups in total. The molecule has 0 bridgehead atoms. The fraction of sp³-hybridized carbons (Fsp3) is 0.615. The molecule has 0 aliphatic heterocycles. The van der Waals surface area contributed by atoms with Crippen LogP contribution in [-0.2, 0) is 10.0 Å². The van der Waals surface area contributed by atoms with Crippen LogP contribution in [-0.4, -0.2) is 36.7 Å². The number of aliphatic hydroxyl groups is 1. The van der Waals surface area contributed by atoms with Gasteiger partial charge in [0.2, 0.25) is 10.0 Å². The van der Waals surface area contributed by atoms with Crippen molar-refractivity contribution >= 4 is 16.0 Å². The molecule has 1 heterocycles. The van der Waals surface area contributed by atoms with E-state index in [1.807, 2.05) is 0 Å². The maximum absolute atomic E-state index is 12.5. The fourth-order valence-corrected chi connectivity index (χ4v) is 4.17. The number of rotatable bonds is 7. The summed E-state index contributed by atoms with van der Waals surface area (Å²) < 4.78 is 32.6. The van der Waals surface area contributed by atoms with Crippen molar-refractivity contribution in [2.45, 2.75) is 51.0 Å². The number of carboxylic acid groups (broad SMARTS) is 1. The zero-order valence-corrected chi connectivity index (χ0v) is 13.4. The van der Waals surface area contributed by atoms with Crippen molar-refractivity contribution in [3.05, 3.63) is 17.1 Å². The van der Waals surface area contributed by atoms with Crippen LogP contribution in [0.15, 0.2) is 9.31 Å². The molecule has 0 unspecified atom stereocenters. The summed E-state index contributed by atoms with van der Waals surface area (Å²) in [6, 6.07) is 0. The Morgan fingerprint density at radius 3 is 2.14 bits per heavy atom. The number of sulfonamides is 1. The Bertz CT molecular complexity index is 619. The quantitative estimate of drug-likeness (QED) is 0.700. The number of carboxylic acids is 1. The van der Waals surface area contributed by atoms with Crippen LogP contribution in [0.4, 0.5) is 0 Å². The predicted octanol–water partition coefficient (Wildman–Crippen LogP) is 1.42. The minimum Gasteiger partial charge on any atom is -0.478 e. The molecule has 8 heteroatoms. The van der Waals surface area contributed by atoms with Crippen LogP contribution in [0.5, 0.6) is 0 Å². The number of aryl methyl sites for hydroxylation is 2. The number of nitrogens with one attached hydrogen (secondary N) is 1. The number of aliphatic hydroxyl groups excluding tert-OH is 1. The summed E-state index contributed by atoms with van der Waals surface area (Å²) in [5, 5.41) is 18.7. The van der Waals surface area contributed by atoms with E-state index in [9.17, 15) is 23.4 Å². The predicted molar refractivity (Wildman–Crippen MR) is 75.9 cm³/mol. The Labute approximate surface area is 124 Å². The van der Waals surface area contributed by atoms with Crippen molar-refractivity contribution in [1.29, 1.82) is 0 Å². The van der Waals surface area contributed by atoms with Crippen LogP contribution in [0.3, 0.4) is 0 Å². The number of furan rings is 1. The fourth-order valence-electron chi connectivity index (χ4n) is 2.22. The van der Waals surface area contributed by atoms with E-state index in [1.165, 1.54) is 13.8 Å². The van der Waals surface area contributed by atoms with Crippen LogP contribution >= 0.6 is 0 Å². The second kappa shape index (κ2) is 6.17. The van der Waals surface area contributed by atoms with Crippen LogP contribution < -0.4 is 4.72 Å². The molecule has 0 saturated carbocycles. The minimum atomic E-state index is -4.12. The largest absolute Gasteiger partial charge is 0.478 e. The average Bonchev–Trinajstić information content (AvgIpc) is 2.72. The first-order valence-corrected chi connectivity index (χ1v) is 8.10. The SMILES string of the molecule is CCC(CC)(CO)NS(=O)(=O)c1c(C)oc(C)c1C(=O)O. The first kappa shape index (κ1) is 17.7. The Morgan fingerprint density at radius 2 is 1.76 bits per heavy atom. The summed E-state index contributed by atoms with van der Waals surface area (Å²) in [6.45, 7) is 5.90. The van der Waals surface area contributed by atoms with Gasteiger partial charge in [-0.1, -0.05) is 13.8 Å². The molecule has 1 rings (SSSR count). The van der Waals surface area contributed by atoms with Gasteiger partial charge >= 0.3 is 5.97 Å². The summed E-state index contributed by atoms with van der Waals surface area (Å²) >= 11 is 0. The van der Waals surface area contributed by atoms with Crippen LogP contribution in [0.2, 0.25) is 0 Å². The lowest BCUT2D eigenvalue weighted by Gasteiger charge is -2.30. The van der Waals surface area contributed by atoms with E-state index in [-0.39, 0.29) is 28.6 Å². The molecule has 0 aliphatic rings. The maximum Gasteiger partial charge on any atom is 0.340 e. The molecule has 1 aromatic heterocycles. The highest BCUT2D eigenvalue weighted by Gasteiger charge is 2.37. The van der Waals surface area contributed by atoms with Crippen molar-refractivity contribution < 1.29 is 27.8 Å². The van der Waals surface area contributed by atoms with Gasteiger partial charge in [-0.2, -0.15) is 0 Å². The van der Waals surface area contributed by atoms with E-state index in [0.717, 1.165) is 0 Å². The lowest BCUT2D eigenvalue weighted by Crippen LogP contribution is -2.50. The van der Waals surface area contributed by atoms with E-state index < -0.39 is 21.5 Å². The highest BCUT2D eigenvalue weighted by Crippen LogP contribution is 2.28. The van der Waals surface area contributed by atoms with Crippen LogP contribution in [0.1, 0.15) is 48.6 Å². The van der Waals surface area contributed by atoms with E-state index in [0.29, 0.717) is 12.8 Å². The second-order valence-corrected chi connectivity index (χ2v) is 6.59. The van der Waals surface area contributed by atoms with Gasteiger partial charge in [0, 0.05) is 0 Å². The lowest BCUT2D eigenvalue weighted by atomic mass is 9.96. The molecule has 0 spiro atoms. The number of carbonyl (C=O) groups is 1. The lowest BCUT2D eigenvalue weighted by molar-refractivity contribution is 0.0691. The van der Waals surface area contributed by atoms with E-state index in [2.05, 4.69) is 4.72 Å². The van der Waals surface area contributed by atoms with Gasteiger partial charge in [0.15, 0.2) is 0 Å². The molecule has 0 saturated heterocycles. The molecular formula is C13H21NO6S. The number of aromatic carboxylic acids is 1. The normalized spacial score (nSPS) is 12.6. The van der Waals surface area contributed by atoms with E-state index in [1.54, 1.807) is 13.8 Å². The number of hydrogen-bond donors (Lipinski definition) is 3. The summed E-state index contributed by atoms with van der Waals surface area (Å²) in [7, 11) is -4.12. The molecule has 120 valence electrons. The molecule has 1 aromatic rings. The van der Waals surface area contributed by atoms with Gasteiger partial charge in [0.05, 0.1) is 12.1 Å². The Kier molecular flexibility index (Phi) is 5.19. The van der Waals surface area contributed by atoms with E-state index in [4.69, 9.17) is 4.42 Å². The molecule has 0 aromatic carbocycles. The van der Waals surface area contributed by atoms with Gasteiger partial charge in [0.1, 0.15) is 22.0 Å². The van der Waals surface area contributed by atoms with Gasteiger partial charge in [-0.15, -0.1) is 0 Å². The molecule has 0 atom stereocenters. The molecule has 21 heavy (non-hydrogen) atoms. The van der Waals surface area contributed by atoms with Gasteiger partial charge in [-0.05, 0) is 26.7 Å². The van der Waals surface area contributed by atoms with Crippen LogP contribution in [0.25, 0.3) is 0 Å². The maximum atomic E-state index is 12.5.